The highest BCUT2D eigenvalue weighted by Gasteiger charge is 2.19. The second-order valence-electron chi connectivity index (χ2n) is 6.80. The van der Waals surface area contributed by atoms with Crippen LogP contribution >= 0.6 is 0 Å². The van der Waals surface area contributed by atoms with E-state index in [1.807, 2.05) is 0 Å². The number of hydrogen-bond donors (Lipinski definition) is 1. The lowest BCUT2D eigenvalue weighted by Gasteiger charge is -2.14. The Bertz CT molecular complexity index is 1300. The third kappa shape index (κ3) is 4.60. The predicted octanol–water partition coefficient (Wildman–Crippen LogP) is 2.97. The molecule has 0 amide bonds. The average molecular weight is 448 g/mol. The van der Waals surface area contributed by atoms with E-state index in [2.05, 4.69) is 14.9 Å². The maximum absolute atomic E-state index is 12.9. The lowest BCUT2D eigenvalue weighted by Crippen LogP contribution is -2.14. The molecule has 0 radical (unpaired) electrons. The standard InChI is InChI=1S/C20H21N3O5S2/c1-13-11-19(14(2)10-18(13)28-3)30(26,27)23-16-7-5-6-15(12-16)17-8-9-20(22-21-17)29(4,24)25/h5-12,23H,1-4H3. The molecule has 158 valence electrons. The molecule has 1 N–H and O–H groups in total. The van der Waals surface area contributed by atoms with E-state index in [1.165, 1.54) is 19.2 Å². The second kappa shape index (κ2) is 8.04. The number of benzene rings is 2. The molecule has 30 heavy (non-hydrogen) atoms. The molecule has 8 nitrogen and oxygen atoms in total. The van der Waals surface area contributed by atoms with Crippen LogP contribution in [0.5, 0.6) is 5.75 Å². The summed E-state index contributed by atoms with van der Waals surface area (Å²) >= 11 is 0. The van der Waals surface area contributed by atoms with E-state index < -0.39 is 19.9 Å². The molecule has 0 fully saturated rings. The van der Waals surface area contributed by atoms with Crippen molar-refractivity contribution in [2.45, 2.75) is 23.8 Å². The summed E-state index contributed by atoms with van der Waals surface area (Å²) in [5.74, 6) is 0.615. The van der Waals surface area contributed by atoms with Gasteiger partial charge in [-0.05, 0) is 61.4 Å². The fourth-order valence-electron chi connectivity index (χ4n) is 2.90. The number of sulfonamides is 1. The number of ether oxygens (including phenoxy) is 1. The molecule has 0 aliphatic heterocycles. The summed E-state index contributed by atoms with van der Waals surface area (Å²) in [6, 6.07) is 12.7. The quantitative estimate of drug-likeness (QED) is 0.618. The van der Waals surface area contributed by atoms with E-state index >= 15 is 0 Å². The second-order valence-corrected chi connectivity index (χ2v) is 10.4. The summed E-state index contributed by atoms with van der Waals surface area (Å²) < 4.78 is 56.7. The Hall–Kier alpha value is -2.98. The van der Waals surface area contributed by atoms with Crippen molar-refractivity contribution < 1.29 is 21.6 Å². The number of aryl methyl sites for hydroxylation is 2. The van der Waals surface area contributed by atoms with Gasteiger partial charge >= 0.3 is 0 Å². The van der Waals surface area contributed by atoms with Crippen LogP contribution in [0.25, 0.3) is 11.3 Å². The Balaban J connectivity index is 1.92. The van der Waals surface area contributed by atoms with Crippen molar-refractivity contribution in [2.75, 3.05) is 18.1 Å². The average Bonchev–Trinajstić information content (AvgIpc) is 2.68. The van der Waals surface area contributed by atoms with Crippen molar-refractivity contribution in [1.82, 2.24) is 10.2 Å². The van der Waals surface area contributed by atoms with Crippen LogP contribution in [0.1, 0.15) is 11.1 Å². The van der Waals surface area contributed by atoms with Crippen molar-refractivity contribution >= 4 is 25.5 Å². The van der Waals surface area contributed by atoms with Gasteiger partial charge in [-0.25, -0.2) is 16.8 Å². The van der Waals surface area contributed by atoms with E-state index in [0.29, 0.717) is 33.8 Å². The van der Waals surface area contributed by atoms with Crippen LogP contribution in [0.2, 0.25) is 0 Å². The van der Waals surface area contributed by atoms with Gasteiger partial charge in [0.2, 0.25) is 0 Å². The van der Waals surface area contributed by atoms with Crippen LogP contribution < -0.4 is 9.46 Å². The van der Waals surface area contributed by atoms with Crippen molar-refractivity contribution in [1.29, 1.82) is 0 Å². The van der Waals surface area contributed by atoms with E-state index in [4.69, 9.17) is 4.74 Å². The molecule has 0 bridgehead atoms. The third-order valence-electron chi connectivity index (χ3n) is 4.41. The van der Waals surface area contributed by atoms with Crippen LogP contribution in [0.3, 0.4) is 0 Å². The molecule has 0 aliphatic carbocycles. The first-order valence-corrected chi connectivity index (χ1v) is 12.2. The normalized spacial score (nSPS) is 11.9. The van der Waals surface area contributed by atoms with E-state index in [-0.39, 0.29) is 9.92 Å². The van der Waals surface area contributed by atoms with Crippen molar-refractivity contribution in [3.8, 4) is 17.0 Å². The van der Waals surface area contributed by atoms with Gasteiger partial charge in [-0.3, -0.25) is 4.72 Å². The lowest BCUT2D eigenvalue weighted by atomic mass is 10.1. The molecule has 2 aromatic carbocycles. The summed E-state index contributed by atoms with van der Waals surface area (Å²) in [7, 11) is -5.76. The van der Waals surface area contributed by atoms with E-state index in [1.54, 1.807) is 50.2 Å². The minimum absolute atomic E-state index is 0.131. The number of rotatable bonds is 6. The highest BCUT2D eigenvalue weighted by atomic mass is 32.2. The molecular formula is C20H21N3O5S2. The molecule has 0 unspecified atom stereocenters. The SMILES string of the molecule is COc1cc(C)c(S(=O)(=O)Nc2cccc(-c3ccc(S(C)(=O)=O)nn3)c2)cc1C. The number of anilines is 1. The van der Waals surface area contributed by atoms with Crippen LogP contribution in [-0.4, -0.2) is 40.4 Å². The summed E-state index contributed by atoms with van der Waals surface area (Å²) in [5, 5.41) is 7.53. The molecule has 3 rings (SSSR count). The minimum Gasteiger partial charge on any atom is -0.496 e. The van der Waals surface area contributed by atoms with Gasteiger partial charge in [0.25, 0.3) is 10.0 Å². The van der Waals surface area contributed by atoms with Crippen LogP contribution in [0.15, 0.2) is 58.5 Å². The summed E-state index contributed by atoms with van der Waals surface area (Å²) in [5.41, 5.74) is 2.61. The zero-order chi connectivity index (χ0) is 22.1. The summed E-state index contributed by atoms with van der Waals surface area (Å²) in [6.45, 7) is 3.47. The molecule has 10 heteroatoms. The maximum atomic E-state index is 12.9. The zero-order valence-corrected chi connectivity index (χ0v) is 18.5. The molecule has 1 heterocycles. The lowest BCUT2D eigenvalue weighted by molar-refractivity contribution is 0.411. The number of nitrogens with one attached hydrogen (secondary N) is 1. The molecule has 0 saturated heterocycles. The summed E-state index contributed by atoms with van der Waals surface area (Å²) in [6.07, 6.45) is 1.05. The Morgan fingerprint density at radius 2 is 1.63 bits per heavy atom. The number of aromatic nitrogens is 2. The molecule has 3 aromatic rings. The van der Waals surface area contributed by atoms with Gasteiger partial charge in [0.15, 0.2) is 14.9 Å². The van der Waals surface area contributed by atoms with Gasteiger partial charge in [0.1, 0.15) is 5.75 Å². The Morgan fingerprint density at radius 3 is 2.23 bits per heavy atom. The monoisotopic (exact) mass is 447 g/mol. The first-order chi connectivity index (χ1) is 14.0. The first-order valence-electron chi connectivity index (χ1n) is 8.83. The Morgan fingerprint density at radius 1 is 0.900 bits per heavy atom. The van der Waals surface area contributed by atoms with Gasteiger partial charge in [-0.1, -0.05) is 12.1 Å². The van der Waals surface area contributed by atoms with E-state index in [0.717, 1.165) is 6.26 Å². The Labute approximate surface area is 175 Å². The molecular weight excluding hydrogens is 426 g/mol. The number of nitrogens with zero attached hydrogens (tertiary/aromatic N) is 2. The molecule has 0 atom stereocenters. The van der Waals surface area contributed by atoms with Crippen LogP contribution in [0.4, 0.5) is 5.69 Å². The van der Waals surface area contributed by atoms with Crippen molar-refractivity contribution in [2.24, 2.45) is 0 Å². The topological polar surface area (TPSA) is 115 Å². The molecule has 0 spiro atoms. The van der Waals surface area contributed by atoms with Gasteiger partial charge < -0.3 is 4.74 Å². The number of methoxy groups -OCH3 is 1. The third-order valence-corrected chi connectivity index (χ3v) is 6.91. The minimum atomic E-state index is -3.84. The van der Waals surface area contributed by atoms with Crippen LogP contribution in [-0.2, 0) is 19.9 Å². The van der Waals surface area contributed by atoms with Crippen LogP contribution in [0, 0.1) is 13.8 Å². The Kier molecular flexibility index (Phi) is 5.82. The van der Waals surface area contributed by atoms with Gasteiger partial charge in [0, 0.05) is 17.5 Å². The number of sulfone groups is 1. The summed E-state index contributed by atoms with van der Waals surface area (Å²) in [4.78, 5) is 0.156. The zero-order valence-electron chi connectivity index (χ0n) is 16.9. The molecule has 0 aliphatic rings. The van der Waals surface area contributed by atoms with Crippen molar-refractivity contribution in [3.05, 3.63) is 59.7 Å². The van der Waals surface area contributed by atoms with Crippen molar-refractivity contribution in [3.63, 3.8) is 0 Å². The predicted molar refractivity (Wildman–Crippen MR) is 114 cm³/mol. The molecule has 1 aromatic heterocycles. The fourth-order valence-corrected chi connectivity index (χ4v) is 4.76. The largest absolute Gasteiger partial charge is 0.496 e. The highest BCUT2D eigenvalue weighted by molar-refractivity contribution is 7.92. The first kappa shape index (κ1) is 21.7. The highest BCUT2D eigenvalue weighted by Crippen LogP contribution is 2.28. The van der Waals surface area contributed by atoms with Gasteiger partial charge in [-0.2, -0.15) is 0 Å². The maximum Gasteiger partial charge on any atom is 0.262 e. The van der Waals surface area contributed by atoms with Gasteiger partial charge in [0.05, 0.1) is 17.7 Å². The van der Waals surface area contributed by atoms with E-state index in [9.17, 15) is 16.8 Å². The fraction of sp³-hybridized carbons (Fsp3) is 0.200. The van der Waals surface area contributed by atoms with Gasteiger partial charge in [-0.15, -0.1) is 10.2 Å². The molecule has 0 saturated carbocycles. The smallest absolute Gasteiger partial charge is 0.262 e. The number of hydrogen-bond acceptors (Lipinski definition) is 7.